The predicted molar refractivity (Wildman–Crippen MR) is 56.8 cm³/mol. The zero-order chi connectivity index (χ0) is 10.7. The molecule has 0 spiro atoms. The maximum Gasteiger partial charge on any atom is 0.306 e. The maximum atomic E-state index is 10.3. The molecule has 0 fully saturated rings. The van der Waals surface area contributed by atoms with E-state index >= 15 is 0 Å². The summed E-state index contributed by atoms with van der Waals surface area (Å²) in [4.78, 5) is 14.3. The molecule has 14 heavy (non-hydrogen) atoms. The third kappa shape index (κ3) is 3.04. The summed E-state index contributed by atoms with van der Waals surface area (Å²) < 4.78 is 1.34. The molecule has 1 aromatic heterocycles. The lowest BCUT2D eigenvalue weighted by Crippen LogP contribution is -2.07. The molecule has 76 valence electrons. The predicted octanol–water partition coefficient (Wildman–Crippen LogP) is 2.11. The number of pyridine rings is 1. The van der Waals surface area contributed by atoms with Gasteiger partial charge in [0.05, 0.1) is 12.1 Å². The van der Waals surface area contributed by atoms with Crippen LogP contribution in [0.4, 0.5) is 0 Å². The summed E-state index contributed by atoms with van der Waals surface area (Å²) in [5.74, 6) is -1.06. The normalized spacial score (nSPS) is 12.5. The van der Waals surface area contributed by atoms with Crippen LogP contribution in [0.1, 0.15) is 18.2 Å². The van der Waals surface area contributed by atoms with Crippen LogP contribution in [0.5, 0.6) is 0 Å². The topological polar surface area (TPSA) is 70.4 Å². The number of carbonyl (C=O) groups is 1. The number of aliphatic carboxylic acids is 1. The highest BCUT2D eigenvalue weighted by molar-refractivity contribution is 9.11. The molecule has 6 heteroatoms. The van der Waals surface area contributed by atoms with E-state index in [1.807, 2.05) is 0 Å². The standard InChI is InChI=1S/C8H7Br2NO3/c9-4-1-5(10)8(11-3-4)6(12)2-7(13)14/h1,3,6,12H,2H2,(H,13,14). The van der Waals surface area contributed by atoms with Crippen molar-refractivity contribution in [2.45, 2.75) is 12.5 Å². The summed E-state index contributed by atoms with van der Waals surface area (Å²) in [5.41, 5.74) is 0.329. The second-order valence-corrected chi connectivity index (χ2v) is 4.40. The van der Waals surface area contributed by atoms with Gasteiger partial charge in [0.15, 0.2) is 0 Å². The minimum atomic E-state index is -1.09. The Hall–Kier alpha value is -0.460. The molecule has 0 aromatic carbocycles. The number of halogens is 2. The Labute approximate surface area is 97.2 Å². The Morgan fingerprint density at radius 2 is 2.21 bits per heavy atom. The maximum absolute atomic E-state index is 10.3. The van der Waals surface area contributed by atoms with Crippen LogP contribution >= 0.6 is 31.9 Å². The Bertz CT molecular complexity index is 356. The van der Waals surface area contributed by atoms with Crippen molar-refractivity contribution in [1.29, 1.82) is 0 Å². The van der Waals surface area contributed by atoms with Crippen molar-refractivity contribution >= 4 is 37.8 Å². The van der Waals surface area contributed by atoms with Gasteiger partial charge in [-0.1, -0.05) is 0 Å². The molecule has 0 saturated carbocycles. The zero-order valence-corrected chi connectivity index (χ0v) is 10.1. The lowest BCUT2D eigenvalue weighted by Gasteiger charge is -2.09. The second kappa shape index (κ2) is 4.86. The molecule has 0 aliphatic rings. The van der Waals surface area contributed by atoms with E-state index in [-0.39, 0.29) is 6.42 Å². The molecule has 4 nitrogen and oxygen atoms in total. The molecule has 1 heterocycles. The second-order valence-electron chi connectivity index (χ2n) is 2.63. The lowest BCUT2D eigenvalue weighted by molar-refractivity contribution is -0.139. The number of rotatable bonds is 3. The van der Waals surface area contributed by atoms with E-state index in [0.29, 0.717) is 10.2 Å². The van der Waals surface area contributed by atoms with Crippen molar-refractivity contribution < 1.29 is 15.0 Å². The van der Waals surface area contributed by atoms with Gasteiger partial charge in [0.2, 0.25) is 0 Å². The minimum absolute atomic E-state index is 0.329. The van der Waals surface area contributed by atoms with Crippen LogP contribution in [-0.2, 0) is 4.79 Å². The van der Waals surface area contributed by atoms with Crippen molar-refractivity contribution in [3.8, 4) is 0 Å². The largest absolute Gasteiger partial charge is 0.481 e. The molecular weight excluding hydrogens is 318 g/mol. The van der Waals surface area contributed by atoms with Gasteiger partial charge < -0.3 is 10.2 Å². The molecule has 0 aliphatic carbocycles. The number of aliphatic hydroxyl groups excluding tert-OH is 1. The van der Waals surface area contributed by atoms with Crippen LogP contribution in [0, 0.1) is 0 Å². The Morgan fingerprint density at radius 3 is 2.71 bits per heavy atom. The number of carboxylic acid groups (broad SMARTS) is 1. The Kier molecular flexibility index (Phi) is 4.03. The Balaban J connectivity index is 2.90. The van der Waals surface area contributed by atoms with E-state index in [0.717, 1.165) is 4.47 Å². The zero-order valence-electron chi connectivity index (χ0n) is 6.94. The van der Waals surface area contributed by atoms with Crippen molar-refractivity contribution in [2.75, 3.05) is 0 Å². The summed E-state index contributed by atoms with van der Waals surface area (Å²) in [5, 5.41) is 18.0. The molecule has 0 amide bonds. The first-order valence-electron chi connectivity index (χ1n) is 3.71. The van der Waals surface area contributed by atoms with Gasteiger partial charge in [-0.25, -0.2) is 0 Å². The van der Waals surface area contributed by atoms with Crippen molar-refractivity contribution in [2.24, 2.45) is 0 Å². The van der Waals surface area contributed by atoms with E-state index in [9.17, 15) is 9.90 Å². The van der Waals surface area contributed by atoms with Crippen LogP contribution in [0.25, 0.3) is 0 Å². The van der Waals surface area contributed by atoms with E-state index in [1.165, 1.54) is 6.20 Å². The average Bonchev–Trinajstić information content (AvgIpc) is 2.01. The van der Waals surface area contributed by atoms with Crippen LogP contribution in [0.2, 0.25) is 0 Å². The number of nitrogens with zero attached hydrogens (tertiary/aromatic N) is 1. The molecule has 1 atom stereocenters. The first-order valence-corrected chi connectivity index (χ1v) is 5.30. The average molecular weight is 325 g/mol. The van der Waals surface area contributed by atoms with E-state index in [4.69, 9.17) is 5.11 Å². The molecule has 1 aromatic rings. The smallest absolute Gasteiger partial charge is 0.306 e. The number of carboxylic acids is 1. The highest BCUT2D eigenvalue weighted by Crippen LogP contribution is 2.25. The van der Waals surface area contributed by atoms with Gasteiger partial charge in [0.25, 0.3) is 0 Å². The number of hydrogen-bond acceptors (Lipinski definition) is 3. The highest BCUT2D eigenvalue weighted by atomic mass is 79.9. The summed E-state index contributed by atoms with van der Waals surface area (Å²) in [6.07, 6.45) is 0.0632. The molecule has 0 bridgehead atoms. The van der Waals surface area contributed by atoms with Crippen molar-refractivity contribution in [1.82, 2.24) is 4.98 Å². The quantitative estimate of drug-likeness (QED) is 0.893. The third-order valence-electron chi connectivity index (χ3n) is 1.52. The third-order valence-corrected chi connectivity index (χ3v) is 2.59. The molecule has 0 aliphatic heterocycles. The van der Waals surface area contributed by atoms with Crippen LogP contribution < -0.4 is 0 Å². The summed E-state index contributed by atoms with van der Waals surface area (Å²) in [6.45, 7) is 0. The fourth-order valence-electron chi connectivity index (χ4n) is 0.932. The lowest BCUT2D eigenvalue weighted by atomic mass is 10.2. The van der Waals surface area contributed by atoms with Gasteiger partial charge in [0, 0.05) is 15.1 Å². The van der Waals surface area contributed by atoms with Gasteiger partial charge in [0.1, 0.15) is 6.10 Å². The van der Waals surface area contributed by atoms with Gasteiger partial charge >= 0.3 is 5.97 Å². The van der Waals surface area contributed by atoms with Crippen LogP contribution in [-0.4, -0.2) is 21.2 Å². The van der Waals surface area contributed by atoms with Crippen molar-refractivity contribution in [3.63, 3.8) is 0 Å². The van der Waals surface area contributed by atoms with E-state index in [1.54, 1.807) is 6.07 Å². The first kappa shape index (κ1) is 11.6. The molecule has 1 rings (SSSR count). The Morgan fingerprint density at radius 1 is 1.57 bits per heavy atom. The van der Waals surface area contributed by atoms with E-state index < -0.39 is 12.1 Å². The highest BCUT2D eigenvalue weighted by Gasteiger charge is 2.16. The van der Waals surface area contributed by atoms with Gasteiger partial charge in [-0.15, -0.1) is 0 Å². The summed E-state index contributed by atoms with van der Waals surface area (Å²) >= 11 is 6.40. The SMILES string of the molecule is O=C(O)CC(O)c1ncc(Br)cc1Br. The monoisotopic (exact) mass is 323 g/mol. The molecule has 0 radical (unpaired) electrons. The van der Waals surface area contributed by atoms with Crippen LogP contribution in [0.15, 0.2) is 21.2 Å². The molecule has 1 unspecified atom stereocenters. The minimum Gasteiger partial charge on any atom is -0.481 e. The van der Waals surface area contributed by atoms with Crippen molar-refractivity contribution in [3.05, 3.63) is 26.9 Å². The molecular formula is C8H7Br2NO3. The van der Waals surface area contributed by atoms with Gasteiger partial charge in [-0.05, 0) is 37.9 Å². The van der Waals surface area contributed by atoms with Gasteiger partial charge in [-0.2, -0.15) is 0 Å². The van der Waals surface area contributed by atoms with E-state index in [2.05, 4.69) is 36.8 Å². The number of aromatic nitrogens is 1. The number of hydrogen-bond donors (Lipinski definition) is 2. The van der Waals surface area contributed by atoms with Crippen LogP contribution in [0.3, 0.4) is 0 Å². The fraction of sp³-hybridized carbons (Fsp3) is 0.250. The summed E-state index contributed by atoms with van der Waals surface area (Å²) in [7, 11) is 0. The fourth-order valence-corrected chi connectivity index (χ4v) is 2.18. The first-order chi connectivity index (χ1) is 6.50. The number of aliphatic hydroxyl groups is 1. The molecule has 2 N–H and O–H groups in total. The summed E-state index contributed by atoms with van der Waals surface area (Å²) in [6, 6.07) is 1.70. The van der Waals surface area contributed by atoms with Gasteiger partial charge in [-0.3, -0.25) is 9.78 Å². The molecule has 0 saturated heterocycles.